The van der Waals surface area contributed by atoms with Crippen molar-refractivity contribution in [3.8, 4) is 0 Å². The summed E-state index contributed by atoms with van der Waals surface area (Å²) < 4.78 is 5.48. The van der Waals surface area contributed by atoms with Gasteiger partial charge in [-0.2, -0.15) is 0 Å². The van der Waals surface area contributed by atoms with Gasteiger partial charge in [0.05, 0.1) is 18.6 Å². The van der Waals surface area contributed by atoms with Crippen molar-refractivity contribution < 1.29 is 4.74 Å². The molecule has 0 radical (unpaired) electrons. The van der Waals surface area contributed by atoms with Crippen LogP contribution in [0.2, 0.25) is 0 Å². The first-order valence-electron chi connectivity index (χ1n) is 4.73. The molecular formula is C10H13ClN2O. The maximum Gasteiger partial charge on any atom is 0.128 e. The molecule has 3 nitrogen and oxygen atoms in total. The smallest absolute Gasteiger partial charge is 0.128 e. The molecule has 1 atom stereocenters. The van der Waals surface area contributed by atoms with E-state index in [9.17, 15) is 0 Å². The molecule has 1 aromatic rings. The van der Waals surface area contributed by atoms with E-state index in [1.165, 1.54) is 0 Å². The molecule has 0 N–H and O–H groups in total. The van der Waals surface area contributed by atoms with Crippen molar-refractivity contribution in [2.75, 3.05) is 30.5 Å². The fourth-order valence-corrected chi connectivity index (χ4v) is 1.75. The quantitative estimate of drug-likeness (QED) is 0.696. The van der Waals surface area contributed by atoms with Gasteiger partial charge in [0.1, 0.15) is 5.82 Å². The summed E-state index contributed by atoms with van der Waals surface area (Å²) in [5.41, 5.74) is 0. The molecule has 1 unspecified atom stereocenters. The molecule has 14 heavy (non-hydrogen) atoms. The molecule has 1 saturated heterocycles. The van der Waals surface area contributed by atoms with Crippen molar-refractivity contribution in [3.05, 3.63) is 24.4 Å². The highest BCUT2D eigenvalue weighted by Crippen LogP contribution is 2.14. The van der Waals surface area contributed by atoms with E-state index in [0.29, 0.717) is 5.88 Å². The average Bonchev–Trinajstić information content (AvgIpc) is 2.30. The molecular weight excluding hydrogens is 200 g/mol. The molecule has 1 aliphatic rings. The third-order valence-corrected chi connectivity index (χ3v) is 2.63. The van der Waals surface area contributed by atoms with Crippen LogP contribution in [0.1, 0.15) is 0 Å². The zero-order valence-electron chi connectivity index (χ0n) is 7.90. The van der Waals surface area contributed by atoms with Crippen LogP contribution < -0.4 is 4.90 Å². The third-order valence-electron chi connectivity index (χ3n) is 2.28. The maximum absolute atomic E-state index is 5.76. The highest BCUT2D eigenvalue weighted by molar-refractivity contribution is 6.18. The molecule has 1 fully saturated rings. The Hall–Kier alpha value is -0.800. The van der Waals surface area contributed by atoms with Crippen LogP contribution in [0, 0.1) is 0 Å². The van der Waals surface area contributed by atoms with Crippen LogP contribution in [0.3, 0.4) is 0 Å². The van der Waals surface area contributed by atoms with Crippen molar-refractivity contribution in [2.45, 2.75) is 6.10 Å². The van der Waals surface area contributed by atoms with E-state index in [-0.39, 0.29) is 6.10 Å². The average molecular weight is 213 g/mol. The third kappa shape index (κ3) is 2.16. The first-order valence-corrected chi connectivity index (χ1v) is 5.27. The van der Waals surface area contributed by atoms with Crippen LogP contribution in [0.4, 0.5) is 5.82 Å². The normalized spacial score (nSPS) is 22.4. The van der Waals surface area contributed by atoms with Crippen molar-refractivity contribution in [1.82, 2.24) is 4.98 Å². The molecule has 0 aliphatic carbocycles. The minimum atomic E-state index is 0.132. The van der Waals surface area contributed by atoms with E-state index in [1.54, 1.807) is 6.20 Å². The van der Waals surface area contributed by atoms with E-state index in [4.69, 9.17) is 16.3 Å². The Morgan fingerprint density at radius 3 is 3.21 bits per heavy atom. The fourth-order valence-electron chi connectivity index (χ4n) is 1.56. The Morgan fingerprint density at radius 1 is 1.57 bits per heavy atom. The second kappa shape index (κ2) is 4.62. The number of pyridine rings is 1. The lowest BCUT2D eigenvalue weighted by atomic mass is 10.3. The molecule has 76 valence electrons. The lowest BCUT2D eigenvalue weighted by Crippen LogP contribution is -2.43. The summed E-state index contributed by atoms with van der Waals surface area (Å²) >= 11 is 5.76. The van der Waals surface area contributed by atoms with Gasteiger partial charge in [-0.15, -0.1) is 11.6 Å². The van der Waals surface area contributed by atoms with Gasteiger partial charge >= 0.3 is 0 Å². The predicted octanol–water partition coefficient (Wildman–Crippen LogP) is 1.53. The zero-order valence-corrected chi connectivity index (χ0v) is 8.65. The number of alkyl halides is 1. The van der Waals surface area contributed by atoms with E-state index in [2.05, 4.69) is 9.88 Å². The molecule has 2 heterocycles. The summed E-state index contributed by atoms with van der Waals surface area (Å²) in [4.78, 5) is 6.50. The first kappa shape index (κ1) is 9.74. The van der Waals surface area contributed by atoms with E-state index in [0.717, 1.165) is 25.5 Å². The van der Waals surface area contributed by atoms with Gasteiger partial charge in [-0.25, -0.2) is 4.98 Å². The molecule has 2 rings (SSSR count). The molecule has 0 aromatic carbocycles. The Kier molecular flexibility index (Phi) is 3.22. The van der Waals surface area contributed by atoms with Gasteiger partial charge in [-0.1, -0.05) is 6.07 Å². The number of hydrogen-bond acceptors (Lipinski definition) is 3. The summed E-state index contributed by atoms with van der Waals surface area (Å²) in [6, 6.07) is 5.92. The molecule has 4 heteroatoms. The van der Waals surface area contributed by atoms with Crippen molar-refractivity contribution >= 4 is 17.4 Å². The largest absolute Gasteiger partial charge is 0.373 e. The highest BCUT2D eigenvalue weighted by atomic mass is 35.5. The maximum atomic E-state index is 5.76. The lowest BCUT2D eigenvalue weighted by molar-refractivity contribution is 0.0552. The summed E-state index contributed by atoms with van der Waals surface area (Å²) in [5.74, 6) is 1.55. The molecule has 1 aromatic heterocycles. The standard InChI is InChI=1S/C10H13ClN2O/c11-7-9-8-13(5-6-14-9)10-3-1-2-4-12-10/h1-4,9H,5-8H2. The second-order valence-electron chi connectivity index (χ2n) is 3.28. The minimum absolute atomic E-state index is 0.132. The van der Waals surface area contributed by atoms with E-state index >= 15 is 0 Å². The van der Waals surface area contributed by atoms with Crippen LogP contribution in [-0.2, 0) is 4.74 Å². The van der Waals surface area contributed by atoms with Gasteiger partial charge in [0.15, 0.2) is 0 Å². The number of anilines is 1. The molecule has 0 spiro atoms. The Morgan fingerprint density at radius 2 is 2.50 bits per heavy atom. The monoisotopic (exact) mass is 212 g/mol. The van der Waals surface area contributed by atoms with Crippen LogP contribution in [0.15, 0.2) is 24.4 Å². The lowest BCUT2D eigenvalue weighted by Gasteiger charge is -2.32. The van der Waals surface area contributed by atoms with Gasteiger partial charge in [0.2, 0.25) is 0 Å². The summed E-state index contributed by atoms with van der Waals surface area (Å²) in [6.07, 6.45) is 1.94. The van der Waals surface area contributed by atoms with Crippen molar-refractivity contribution in [2.24, 2.45) is 0 Å². The van der Waals surface area contributed by atoms with Crippen molar-refractivity contribution in [3.63, 3.8) is 0 Å². The van der Waals surface area contributed by atoms with Gasteiger partial charge in [-0.05, 0) is 12.1 Å². The molecule has 0 amide bonds. The topological polar surface area (TPSA) is 25.4 Å². The van der Waals surface area contributed by atoms with Gasteiger partial charge < -0.3 is 9.64 Å². The number of halogens is 1. The van der Waals surface area contributed by atoms with Crippen LogP contribution in [0.5, 0.6) is 0 Å². The number of rotatable bonds is 2. The molecule has 0 saturated carbocycles. The highest BCUT2D eigenvalue weighted by Gasteiger charge is 2.20. The van der Waals surface area contributed by atoms with Gasteiger partial charge in [-0.3, -0.25) is 0 Å². The summed E-state index contributed by atoms with van der Waals surface area (Å²) in [6.45, 7) is 2.46. The SMILES string of the molecule is ClCC1CN(c2ccccn2)CCO1. The van der Waals surface area contributed by atoms with Crippen LogP contribution in [0.25, 0.3) is 0 Å². The number of aromatic nitrogens is 1. The van der Waals surface area contributed by atoms with E-state index < -0.39 is 0 Å². The zero-order chi connectivity index (χ0) is 9.80. The minimum Gasteiger partial charge on any atom is -0.373 e. The number of hydrogen-bond donors (Lipinski definition) is 0. The Labute approximate surface area is 88.6 Å². The summed E-state index contributed by atoms with van der Waals surface area (Å²) in [5, 5.41) is 0. The number of morpholine rings is 1. The predicted molar refractivity (Wildman–Crippen MR) is 56.9 cm³/mol. The van der Waals surface area contributed by atoms with Gasteiger partial charge in [0.25, 0.3) is 0 Å². The number of nitrogens with zero attached hydrogens (tertiary/aromatic N) is 2. The Balaban J connectivity index is 2.04. The fraction of sp³-hybridized carbons (Fsp3) is 0.500. The molecule has 1 aliphatic heterocycles. The summed E-state index contributed by atoms with van der Waals surface area (Å²) in [7, 11) is 0. The van der Waals surface area contributed by atoms with Gasteiger partial charge in [0, 0.05) is 19.3 Å². The van der Waals surface area contributed by atoms with Crippen molar-refractivity contribution in [1.29, 1.82) is 0 Å². The van der Waals surface area contributed by atoms with E-state index in [1.807, 2.05) is 18.2 Å². The van der Waals surface area contributed by atoms with Crippen LogP contribution >= 0.6 is 11.6 Å². The molecule has 0 bridgehead atoms. The first-order chi connectivity index (χ1) is 6.90. The van der Waals surface area contributed by atoms with Crippen LogP contribution in [-0.4, -0.2) is 36.7 Å². The Bertz CT molecular complexity index is 281. The number of ether oxygens (including phenoxy) is 1. The second-order valence-corrected chi connectivity index (χ2v) is 3.59.